The van der Waals surface area contributed by atoms with Crippen LogP contribution >= 0.6 is 0 Å². The predicted octanol–water partition coefficient (Wildman–Crippen LogP) is 0.189. The molecule has 0 unspecified atom stereocenters. The van der Waals surface area contributed by atoms with Crippen molar-refractivity contribution in [1.29, 1.82) is 0 Å². The average molecular weight is 917 g/mol. The van der Waals surface area contributed by atoms with Gasteiger partial charge in [-0.2, -0.15) is 9.97 Å². The number of carboxylic acid groups (broad SMARTS) is 4. The van der Waals surface area contributed by atoms with Gasteiger partial charge >= 0.3 is 23.9 Å². The molecule has 0 fully saturated rings. The summed E-state index contributed by atoms with van der Waals surface area (Å²) >= 11 is 0. The highest BCUT2D eigenvalue weighted by atomic mass is 18.2. The molecule has 344 valence electrons. The van der Waals surface area contributed by atoms with E-state index in [-0.39, 0.29) is 71.5 Å². The van der Waals surface area contributed by atoms with Crippen molar-refractivity contribution >= 4 is 81.3 Å². The number of fused-ring (bicyclic) bond motifs is 2. The molecule has 26 nitrogen and oxygen atoms in total. The van der Waals surface area contributed by atoms with E-state index in [4.69, 9.17) is 31.9 Å². The number of carboxylic acids is 4. The van der Waals surface area contributed by atoms with E-state index in [1.807, 2.05) is 0 Å². The molecule has 2 atom stereocenters. The summed E-state index contributed by atoms with van der Waals surface area (Å²) in [7, 11) is 0. The van der Waals surface area contributed by atoms with Crippen molar-refractivity contribution in [2.45, 2.75) is 50.9 Å². The summed E-state index contributed by atoms with van der Waals surface area (Å²) in [4.78, 5) is 121. The number of carbonyl (C=O) groups excluding carboxylic acids is 2. The van der Waals surface area contributed by atoms with Gasteiger partial charge in [-0.05, 0) is 49.2 Å². The summed E-state index contributed by atoms with van der Waals surface area (Å²) in [6, 6.07) is 4.13. The maximum absolute atomic E-state index is 14.5. The first-order valence-electron chi connectivity index (χ1n) is 18.9. The highest BCUT2D eigenvalue weighted by molar-refractivity contribution is 5.98. The van der Waals surface area contributed by atoms with Crippen LogP contribution in [0.2, 0.25) is 0 Å². The molecule has 28 heteroatoms. The van der Waals surface area contributed by atoms with E-state index < -0.39 is 94.5 Å². The number of nitrogens with one attached hydrogen (secondary N) is 6. The third-order valence-electron chi connectivity index (χ3n) is 8.85. The first-order chi connectivity index (χ1) is 31.3. The van der Waals surface area contributed by atoms with E-state index in [0.717, 1.165) is 24.3 Å². The maximum Gasteiger partial charge on any atom is 0.326 e. The molecule has 2 amide bonds. The van der Waals surface area contributed by atoms with E-state index in [2.05, 4.69) is 61.1 Å². The highest BCUT2D eigenvalue weighted by Crippen LogP contribution is 2.18. The summed E-state index contributed by atoms with van der Waals surface area (Å²) in [5.74, 6) is -9.36. The van der Waals surface area contributed by atoms with Crippen LogP contribution in [0.5, 0.6) is 0 Å². The molecular weight excluding hydrogens is 881 g/mol. The lowest BCUT2D eigenvalue weighted by molar-refractivity contribution is -0.142. The number of carbonyl (C=O) groups is 6. The molecule has 0 aliphatic heterocycles. The Morgan fingerprint density at radius 1 is 0.606 bits per heavy atom. The van der Waals surface area contributed by atoms with Gasteiger partial charge in [0.15, 0.2) is 22.3 Å². The summed E-state index contributed by atoms with van der Waals surface area (Å²) in [6.07, 6.45) is 1.07. The third-order valence-corrected chi connectivity index (χ3v) is 8.85. The van der Waals surface area contributed by atoms with Gasteiger partial charge in [0.1, 0.15) is 23.7 Å². The van der Waals surface area contributed by atoms with E-state index in [1.165, 1.54) is 24.5 Å². The van der Waals surface area contributed by atoms with Crippen LogP contribution in [0.25, 0.3) is 22.3 Å². The standard InChI is InChI=1S/2C19H18FN7O6/c2*20-11-5-8(1-2-10(11)16(30)25-12(18(32)33)3-4-13(28)29)22-6-9-7-23-15-14(24-9)17(31)27-19(21)26-15/h2*1-2,5,7,12,22H,3-4,6H2,(H,25,30)(H,28,29)(H,32,33)(H3,21,23,26,27,31)/t2*12-/m00/s1/i2*20-1. The van der Waals surface area contributed by atoms with E-state index >= 15 is 0 Å². The number of anilines is 4. The van der Waals surface area contributed by atoms with Gasteiger partial charge in [-0.25, -0.2) is 38.3 Å². The van der Waals surface area contributed by atoms with Gasteiger partial charge in [-0.15, -0.1) is 0 Å². The summed E-state index contributed by atoms with van der Waals surface area (Å²) in [5, 5.41) is 45.5. The molecule has 2 aromatic carbocycles. The number of amides is 2. The Morgan fingerprint density at radius 3 is 1.32 bits per heavy atom. The monoisotopic (exact) mass is 916 g/mol. The zero-order chi connectivity index (χ0) is 48.2. The smallest absolute Gasteiger partial charge is 0.326 e. The molecule has 66 heavy (non-hydrogen) atoms. The molecule has 6 aromatic rings. The summed E-state index contributed by atoms with van der Waals surface area (Å²) in [5.41, 5.74) is 10.3. The second-order valence-electron chi connectivity index (χ2n) is 13.7. The number of aromatic amines is 2. The fraction of sp³-hybridized carbons (Fsp3) is 0.211. The van der Waals surface area contributed by atoms with Crippen molar-refractivity contribution in [3.63, 3.8) is 0 Å². The van der Waals surface area contributed by atoms with E-state index in [1.54, 1.807) is 0 Å². The number of hydrogen-bond donors (Lipinski definition) is 12. The molecule has 0 radical (unpaired) electrons. The summed E-state index contributed by atoms with van der Waals surface area (Å²) in [6.45, 7) is 0.127. The van der Waals surface area contributed by atoms with Gasteiger partial charge < -0.3 is 53.2 Å². The van der Waals surface area contributed by atoms with Crippen LogP contribution in [0.3, 0.4) is 0 Å². The number of halogens is 2. The van der Waals surface area contributed by atoms with Gasteiger partial charge in [0, 0.05) is 24.2 Å². The number of rotatable bonds is 18. The van der Waals surface area contributed by atoms with Crippen LogP contribution in [-0.4, -0.2) is 108 Å². The Hall–Kier alpha value is -9.24. The molecule has 4 heterocycles. The van der Waals surface area contributed by atoms with Gasteiger partial charge in [0.05, 0.1) is 48.0 Å². The van der Waals surface area contributed by atoms with Crippen molar-refractivity contribution < 1.29 is 58.0 Å². The van der Waals surface area contributed by atoms with Crippen LogP contribution < -0.4 is 43.9 Å². The van der Waals surface area contributed by atoms with E-state index in [0.29, 0.717) is 11.4 Å². The minimum absolute atomic E-state index is 0.0161. The second kappa shape index (κ2) is 21.2. The minimum atomic E-state index is -1.48. The lowest BCUT2D eigenvalue weighted by Gasteiger charge is -2.14. The van der Waals surface area contributed by atoms with Crippen molar-refractivity contribution in [2.75, 3.05) is 22.1 Å². The zero-order valence-corrected chi connectivity index (χ0v) is 33.7. The Kier molecular flexibility index (Phi) is 15.4. The maximum atomic E-state index is 14.5. The van der Waals surface area contributed by atoms with Gasteiger partial charge in [0.25, 0.3) is 22.9 Å². The van der Waals surface area contributed by atoms with Gasteiger partial charge in [0.2, 0.25) is 11.9 Å². The van der Waals surface area contributed by atoms with Crippen LogP contribution in [0, 0.1) is 11.6 Å². The zero-order valence-electron chi connectivity index (χ0n) is 33.7. The van der Waals surface area contributed by atoms with Crippen LogP contribution in [-0.2, 0) is 32.3 Å². The number of aliphatic carboxylic acids is 4. The number of benzene rings is 2. The predicted molar refractivity (Wildman–Crippen MR) is 224 cm³/mol. The van der Waals surface area contributed by atoms with Crippen LogP contribution in [0.4, 0.5) is 32.1 Å². The third kappa shape index (κ3) is 12.9. The molecule has 0 saturated heterocycles. The fourth-order valence-corrected chi connectivity index (χ4v) is 5.64. The van der Waals surface area contributed by atoms with Gasteiger partial charge in [-0.1, -0.05) is 0 Å². The highest BCUT2D eigenvalue weighted by Gasteiger charge is 2.25. The second-order valence-corrected chi connectivity index (χ2v) is 13.7. The van der Waals surface area contributed by atoms with Crippen molar-refractivity contribution in [1.82, 2.24) is 50.5 Å². The molecule has 0 bridgehead atoms. The quantitative estimate of drug-likeness (QED) is 0.0547. The SMILES string of the molecule is Nc1nc2ncc(CNc3ccc(C(=O)N[C@@H](CCC(=O)O)C(=O)O)c([18F])c3)nc2c(=O)[nH]1.Nc1nc2ncc(CNc3ccc(C(=O)N[C@@H](CCC(=O)O)C(=O)O)c([18F])c3)nc2c(=O)[nH]1. The fourth-order valence-electron chi connectivity index (χ4n) is 5.64. The first-order valence-corrected chi connectivity index (χ1v) is 18.9. The first kappa shape index (κ1) is 47.8. The molecule has 14 N–H and O–H groups in total. The number of nitrogen functional groups attached to an aromatic ring is 2. The lowest BCUT2D eigenvalue weighted by atomic mass is 10.1. The summed E-state index contributed by atoms with van der Waals surface area (Å²) < 4.78 is 28.9. The largest absolute Gasteiger partial charge is 0.481 e. The molecular formula is C38H36F2N14O12. The number of aromatic nitrogens is 8. The minimum Gasteiger partial charge on any atom is -0.481 e. The molecule has 0 aliphatic carbocycles. The number of hydrogen-bond acceptors (Lipinski definition) is 18. The molecule has 6 rings (SSSR count). The Bertz CT molecular complexity index is 2790. The molecule has 4 aromatic heterocycles. The molecule has 0 spiro atoms. The normalized spacial score (nSPS) is 11.7. The number of nitrogens with two attached hydrogens (primary N) is 2. The average Bonchev–Trinajstić information content (AvgIpc) is 3.25. The topological polar surface area (TPSA) is 427 Å². The van der Waals surface area contributed by atoms with Crippen molar-refractivity contribution in [2.24, 2.45) is 0 Å². The Balaban J connectivity index is 0.000000247. The number of nitrogens with zero attached hydrogens (tertiary/aromatic N) is 6. The van der Waals surface area contributed by atoms with Crippen molar-refractivity contribution in [3.8, 4) is 0 Å². The molecule has 0 aliphatic rings. The van der Waals surface area contributed by atoms with E-state index in [9.17, 15) is 47.1 Å². The molecule has 0 saturated carbocycles. The number of H-pyrrole nitrogens is 2. The van der Waals surface area contributed by atoms with Crippen LogP contribution in [0.15, 0.2) is 58.4 Å². The van der Waals surface area contributed by atoms with Crippen molar-refractivity contribution in [3.05, 3.63) is 104 Å². The Labute approximate surface area is 366 Å². The van der Waals surface area contributed by atoms with Crippen LogP contribution in [0.1, 0.15) is 57.8 Å². The lowest BCUT2D eigenvalue weighted by Crippen LogP contribution is -2.41. The Morgan fingerprint density at radius 2 is 0.985 bits per heavy atom. The van der Waals surface area contributed by atoms with Gasteiger partial charge in [-0.3, -0.25) is 38.7 Å².